The van der Waals surface area contributed by atoms with Gasteiger partial charge in [0.1, 0.15) is 11.6 Å². The number of piperidine rings is 1. The number of aromatic nitrogens is 2. The normalized spacial score (nSPS) is 14.9. The summed E-state index contributed by atoms with van der Waals surface area (Å²) in [6.45, 7) is 1.36. The van der Waals surface area contributed by atoms with Crippen LogP contribution in [0.1, 0.15) is 31.7 Å². The van der Waals surface area contributed by atoms with Crippen LogP contribution in [0.4, 0.5) is 4.39 Å². The number of imidazole rings is 1. The first-order chi connectivity index (χ1) is 13.7. The Balaban J connectivity index is 1.66. The molecule has 0 aliphatic carbocycles. The molecule has 5 heteroatoms. The Morgan fingerprint density at radius 1 is 1.18 bits per heavy atom. The van der Waals surface area contributed by atoms with Crippen LogP contribution in [0.25, 0.3) is 22.4 Å². The van der Waals surface area contributed by atoms with E-state index in [-0.39, 0.29) is 17.8 Å². The summed E-state index contributed by atoms with van der Waals surface area (Å²) >= 11 is 0. The molecule has 0 unspecified atom stereocenters. The van der Waals surface area contributed by atoms with Gasteiger partial charge in [0, 0.05) is 37.5 Å². The van der Waals surface area contributed by atoms with Gasteiger partial charge in [-0.15, -0.1) is 12.3 Å². The minimum absolute atomic E-state index is 0.112. The van der Waals surface area contributed by atoms with Gasteiger partial charge in [-0.3, -0.25) is 4.79 Å². The second-order valence-corrected chi connectivity index (χ2v) is 7.12. The molecule has 1 aliphatic rings. The summed E-state index contributed by atoms with van der Waals surface area (Å²) < 4.78 is 16.1. The van der Waals surface area contributed by atoms with Crippen molar-refractivity contribution in [3.05, 3.63) is 54.3 Å². The molecule has 0 atom stereocenters. The van der Waals surface area contributed by atoms with Gasteiger partial charge in [0.2, 0.25) is 5.91 Å². The van der Waals surface area contributed by atoms with Crippen LogP contribution in [0.2, 0.25) is 0 Å². The van der Waals surface area contributed by atoms with Gasteiger partial charge in [-0.1, -0.05) is 30.3 Å². The molecule has 28 heavy (non-hydrogen) atoms. The third-order valence-corrected chi connectivity index (χ3v) is 5.35. The lowest BCUT2D eigenvalue weighted by atomic mass is 10.0. The SMILES string of the molecule is C#CCCC(=O)N1CCC(n2c(-c3ccccc3)nc3ccc(F)cc32)CC1. The molecule has 142 valence electrons. The van der Waals surface area contributed by atoms with Crippen LogP contribution in [-0.4, -0.2) is 33.4 Å². The summed E-state index contributed by atoms with van der Waals surface area (Å²) in [5.74, 6) is 3.21. The van der Waals surface area contributed by atoms with Gasteiger partial charge in [0.05, 0.1) is 11.0 Å². The quantitative estimate of drug-likeness (QED) is 0.633. The minimum Gasteiger partial charge on any atom is -0.343 e. The Bertz CT molecular complexity index is 1030. The largest absolute Gasteiger partial charge is 0.343 e. The molecule has 0 N–H and O–H groups in total. The zero-order valence-corrected chi connectivity index (χ0v) is 15.6. The molecule has 2 aromatic carbocycles. The highest BCUT2D eigenvalue weighted by molar-refractivity contribution is 5.81. The van der Waals surface area contributed by atoms with E-state index >= 15 is 0 Å². The van der Waals surface area contributed by atoms with E-state index in [9.17, 15) is 9.18 Å². The molecule has 4 nitrogen and oxygen atoms in total. The molecule has 1 aliphatic heterocycles. The molecular weight excluding hydrogens is 353 g/mol. The summed E-state index contributed by atoms with van der Waals surface area (Å²) in [5, 5.41) is 0. The van der Waals surface area contributed by atoms with Crippen LogP contribution in [0.3, 0.4) is 0 Å². The molecule has 0 spiro atoms. The predicted octanol–water partition coefficient (Wildman–Crippen LogP) is 4.42. The average Bonchev–Trinajstić information content (AvgIpc) is 3.11. The van der Waals surface area contributed by atoms with Crippen molar-refractivity contribution in [1.29, 1.82) is 0 Å². The number of halogens is 1. The summed E-state index contributed by atoms with van der Waals surface area (Å²) in [7, 11) is 0. The zero-order valence-electron chi connectivity index (χ0n) is 15.6. The van der Waals surface area contributed by atoms with E-state index in [1.54, 1.807) is 12.1 Å². The number of amides is 1. The Morgan fingerprint density at radius 3 is 2.64 bits per heavy atom. The van der Waals surface area contributed by atoms with Gasteiger partial charge in [0.15, 0.2) is 0 Å². The smallest absolute Gasteiger partial charge is 0.223 e. The highest BCUT2D eigenvalue weighted by Crippen LogP contribution is 2.33. The number of hydrogen-bond donors (Lipinski definition) is 0. The number of benzene rings is 2. The molecule has 0 bridgehead atoms. The fourth-order valence-electron chi connectivity index (χ4n) is 3.94. The molecule has 1 fully saturated rings. The van der Waals surface area contributed by atoms with Gasteiger partial charge >= 0.3 is 0 Å². The number of nitrogens with zero attached hydrogens (tertiary/aromatic N) is 3. The van der Waals surface area contributed by atoms with Crippen molar-refractivity contribution < 1.29 is 9.18 Å². The number of fused-ring (bicyclic) bond motifs is 1. The molecule has 2 heterocycles. The summed E-state index contributed by atoms with van der Waals surface area (Å²) in [6, 6.07) is 14.9. The maximum absolute atomic E-state index is 14.0. The number of terminal acetylenes is 1. The second-order valence-electron chi connectivity index (χ2n) is 7.12. The lowest BCUT2D eigenvalue weighted by molar-refractivity contribution is -0.132. The number of carbonyl (C=O) groups is 1. The number of hydrogen-bond acceptors (Lipinski definition) is 2. The van der Waals surface area contributed by atoms with Crippen molar-refractivity contribution in [2.75, 3.05) is 13.1 Å². The maximum atomic E-state index is 14.0. The van der Waals surface area contributed by atoms with E-state index in [2.05, 4.69) is 10.5 Å². The molecule has 1 aromatic heterocycles. The monoisotopic (exact) mass is 375 g/mol. The standard InChI is InChI=1S/C23H22FN3O/c1-2-3-9-22(28)26-14-12-19(13-15-26)27-21-16-18(24)10-11-20(21)25-23(27)17-7-5-4-6-8-17/h1,4-8,10-11,16,19H,3,9,12-15H2. The van der Waals surface area contributed by atoms with Crippen molar-refractivity contribution in [3.8, 4) is 23.7 Å². The lowest BCUT2D eigenvalue weighted by Crippen LogP contribution is -2.39. The van der Waals surface area contributed by atoms with Crippen molar-refractivity contribution >= 4 is 16.9 Å². The Hall–Kier alpha value is -3.13. The van der Waals surface area contributed by atoms with Crippen LogP contribution in [0.15, 0.2) is 48.5 Å². The average molecular weight is 375 g/mol. The van der Waals surface area contributed by atoms with Gasteiger partial charge < -0.3 is 9.47 Å². The maximum Gasteiger partial charge on any atom is 0.223 e. The zero-order chi connectivity index (χ0) is 19.5. The van der Waals surface area contributed by atoms with Gasteiger partial charge in [0.25, 0.3) is 0 Å². The first-order valence-corrected chi connectivity index (χ1v) is 9.61. The fraction of sp³-hybridized carbons (Fsp3) is 0.304. The molecule has 0 radical (unpaired) electrons. The Morgan fingerprint density at radius 2 is 1.93 bits per heavy atom. The number of carbonyl (C=O) groups excluding carboxylic acids is 1. The van der Waals surface area contributed by atoms with Gasteiger partial charge in [-0.05, 0) is 31.0 Å². The van der Waals surface area contributed by atoms with E-state index < -0.39 is 0 Å². The highest BCUT2D eigenvalue weighted by Gasteiger charge is 2.27. The summed E-state index contributed by atoms with van der Waals surface area (Å²) in [6.07, 6.45) is 7.76. The first kappa shape index (κ1) is 18.2. The lowest BCUT2D eigenvalue weighted by Gasteiger charge is -2.33. The molecular formula is C23H22FN3O. The predicted molar refractivity (Wildman–Crippen MR) is 108 cm³/mol. The summed E-state index contributed by atoms with van der Waals surface area (Å²) in [5.41, 5.74) is 2.59. The van der Waals surface area contributed by atoms with Crippen molar-refractivity contribution in [3.63, 3.8) is 0 Å². The van der Waals surface area contributed by atoms with Gasteiger partial charge in [-0.2, -0.15) is 0 Å². The molecule has 1 amide bonds. The van der Waals surface area contributed by atoms with E-state index in [0.717, 1.165) is 35.3 Å². The molecule has 3 aromatic rings. The van der Waals surface area contributed by atoms with Crippen LogP contribution < -0.4 is 0 Å². The summed E-state index contributed by atoms with van der Waals surface area (Å²) in [4.78, 5) is 18.9. The van der Waals surface area contributed by atoms with Crippen molar-refractivity contribution in [2.45, 2.75) is 31.7 Å². The second kappa shape index (κ2) is 7.85. The van der Waals surface area contributed by atoms with Crippen LogP contribution in [-0.2, 0) is 4.79 Å². The van der Waals surface area contributed by atoms with E-state index in [1.807, 2.05) is 35.2 Å². The molecule has 1 saturated heterocycles. The highest BCUT2D eigenvalue weighted by atomic mass is 19.1. The Labute approximate surface area is 164 Å². The van der Waals surface area contributed by atoms with Crippen molar-refractivity contribution in [2.24, 2.45) is 0 Å². The van der Waals surface area contributed by atoms with Crippen LogP contribution in [0, 0.1) is 18.2 Å². The van der Waals surface area contributed by atoms with E-state index in [1.165, 1.54) is 6.07 Å². The van der Waals surface area contributed by atoms with Crippen LogP contribution >= 0.6 is 0 Å². The third-order valence-electron chi connectivity index (χ3n) is 5.35. The molecule has 0 saturated carbocycles. The first-order valence-electron chi connectivity index (χ1n) is 9.61. The van der Waals surface area contributed by atoms with Crippen LogP contribution in [0.5, 0.6) is 0 Å². The third kappa shape index (κ3) is 3.50. The van der Waals surface area contributed by atoms with E-state index in [4.69, 9.17) is 11.4 Å². The number of likely N-dealkylation sites (tertiary alicyclic amines) is 1. The molecule has 4 rings (SSSR count). The number of rotatable bonds is 4. The van der Waals surface area contributed by atoms with Crippen molar-refractivity contribution in [1.82, 2.24) is 14.5 Å². The minimum atomic E-state index is -0.268. The van der Waals surface area contributed by atoms with E-state index in [0.29, 0.717) is 25.9 Å². The van der Waals surface area contributed by atoms with Gasteiger partial charge in [-0.25, -0.2) is 9.37 Å². The Kier molecular flexibility index (Phi) is 5.12. The fourth-order valence-corrected chi connectivity index (χ4v) is 3.94. The topological polar surface area (TPSA) is 38.1 Å².